The van der Waals surface area contributed by atoms with Gasteiger partial charge < -0.3 is 10.6 Å². The average molecular weight is 268 g/mol. The summed E-state index contributed by atoms with van der Waals surface area (Å²) < 4.78 is 0. The van der Waals surface area contributed by atoms with Crippen LogP contribution >= 0.6 is 0 Å². The standard InChI is InChI=1S/C17H20N2O/c1-2-14-8-10-15(11-9-14)12-19-17(20)13-18-16-6-4-3-5-7-16/h3-11,18H,2,12-13H2,1H3,(H,19,20). The van der Waals surface area contributed by atoms with E-state index < -0.39 is 0 Å². The molecule has 0 atom stereocenters. The Balaban J connectivity index is 1.74. The second-order valence-corrected chi connectivity index (χ2v) is 4.67. The van der Waals surface area contributed by atoms with E-state index in [2.05, 4.69) is 41.8 Å². The van der Waals surface area contributed by atoms with Crippen LogP contribution in [-0.4, -0.2) is 12.5 Å². The van der Waals surface area contributed by atoms with Gasteiger partial charge >= 0.3 is 0 Å². The first-order chi connectivity index (χ1) is 9.78. The van der Waals surface area contributed by atoms with Crippen molar-refractivity contribution in [2.45, 2.75) is 19.9 Å². The highest BCUT2D eigenvalue weighted by Gasteiger charge is 2.01. The summed E-state index contributed by atoms with van der Waals surface area (Å²) >= 11 is 0. The second-order valence-electron chi connectivity index (χ2n) is 4.67. The van der Waals surface area contributed by atoms with Crippen molar-refractivity contribution in [3.8, 4) is 0 Å². The molecule has 0 spiro atoms. The van der Waals surface area contributed by atoms with Gasteiger partial charge in [0.05, 0.1) is 6.54 Å². The first kappa shape index (κ1) is 14.1. The molecule has 0 aliphatic heterocycles. The molecule has 0 saturated carbocycles. The summed E-state index contributed by atoms with van der Waals surface area (Å²) in [7, 11) is 0. The van der Waals surface area contributed by atoms with Crippen LogP contribution in [0.25, 0.3) is 0 Å². The highest BCUT2D eigenvalue weighted by atomic mass is 16.1. The Morgan fingerprint density at radius 1 is 0.950 bits per heavy atom. The number of para-hydroxylation sites is 1. The van der Waals surface area contributed by atoms with Crippen LogP contribution in [0.5, 0.6) is 0 Å². The normalized spacial score (nSPS) is 10.1. The molecular formula is C17H20N2O. The molecule has 0 fully saturated rings. The van der Waals surface area contributed by atoms with Gasteiger partial charge in [0, 0.05) is 12.2 Å². The Labute approximate surface area is 120 Å². The van der Waals surface area contributed by atoms with Gasteiger partial charge in [-0.3, -0.25) is 4.79 Å². The molecule has 1 amide bonds. The number of hydrogen-bond donors (Lipinski definition) is 2. The fourth-order valence-electron chi connectivity index (χ4n) is 1.89. The first-order valence-corrected chi connectivity index (χ1v) is 6.91. The van der Waals surface area contributed by atoms with Crippen LogP contribution in [0, 0.1) is 0 Å². The van der Waals surface area contributed by atoms with Gasteiger partial charge in [-0.15, -0.1) is 0 Å². The van der Waals surface area contributed by atoms with Crippen molar-refractivity contribution in [3.63, 3.8) is 0 Å². The lowest BCUT2D eigenvalue weighted by atomic mass is 10.1. The molecule has 0 heterocycles. The van der Waals surface area contributed by atoms with Gasteiger partial charge in [-0.2, -0.15) is 0 Å². The summed E-state index contributed by atoms with van der Waals surface area (Å²) in [6.07, 6.45) is 1.04. The Morgan fingerprint density at radius 2 is 1.60 bits per heavy atom. The summed E-state index contributed by atoms with van der Waals surface area (Å²) in [6, 6.07) is 18.0. The summed E-state index contributed by atoms with van der Waals surface area (Å²) in [5, 5.41) is 5.99. The maximum Gasteiger partial charge on any atom is 0.239 e. The van der Waals surface area contributed by atoms with E-state index in [1.165, 1.54) is 5.56 Å². The van der Waals surface area contributed by atoms with Gasteiger partial charge in [0.25, 0.3) is 0 Å². The van der Waals surface area contributed by atoms with E-state index in [0.29, 0.717) is 6.54 Å². The molecular weight excluding hydrogens is 248 g/mol. The average Bonchev–Trinajstić information content (AvgIpc) is 2.52. The van der Waals surface area contributed by atoms with Crippen molar-refractivity contribution in [1.82, 2.24) is 5.32 Å². The van der Waals surface area contributed by atoms with Crippen LogP contribution in [0.3, 0.4) is 0 Å². The predicted octanol–water partition coefficient (Wildman–Crippen LogP) is 2.98. The van der Waals surface area contributed by atoms with Gasteiger partial charge in [-0.05, 0) is 29.7 Å². The van der Waals surface area contributed by atoms with Crippen molar-refractivity contribution >= 4 is 11.6 Å². The molecule has 104 valence electrons. The van der Waals surface area contributed by atoms with Gasteiger partial charge in [0.15, 0.2) is 0 Å². The Hall–Kier alpha value is -2.29. The first-order valence-electron chi connectivity index (χ1n) is 6.91. The minimum absolute atomic E-state index is 0.00609. The molecule has 0 aliphatic carbocycles. The number of hydrogen-bond acceptors (Lipinski definition) is 2. The number of aryl methyl sites for hydroxylation is 1. The number of benzene rings is 2. The van der Waals surface area contributed by atoms with Crippen LogP contribution < -0.4 is 10.6 Å². The second kappa shape index (κ2) is 7.34. The van der Waals surface area contributed by atoms with Gasteiger partial charge in [-0.1, -0.05) is 49.4 Å². The van der Waals surface area contributed by atoms with Crippen molar-refractivity contribution in [2.24, 2.45) is 0 Å². The molecule has 0 bridgehead atoms. The molecule has 0 radical (unpaired) electrons. The molecule has 0 aliphatic rings. The third-order valence-electron chi connectivity index (χ3n) is 3.15. The lowest BCUT2D eigenvalue weighted by Crippen LogP contribution is -2.29. The molecule has 0 saturated heterocycles. The van der Waals surface area contributed by atoms with Gasteiger partial charge in [0.1, 0.15) is 0 Å². The zero-order chi connectivity index (χ0) is 14.2. The third kappa shape index (κ3) is 4.43. The number of amides is 1. The zero-order valence-electron chi connectivity index (χ0n) is 11.7. The van der Waals surface area contributed by atoms with E-state index in [-0.39, 0.29) is 12.5 Å². The van der Waals surface area contributed by atoms with Crippen molar-refractivity contribution in [1.29, 1.82) is 0 Å². The topological polar surface area (TPSA) is 41.1 Å². The van der Waals surface area contributed by atoms with E-state index in [1.807, 2.05) is 30.3 Å². The predicted molar refractivity (Wildman–Crippen MR) is 82.6 cm³/mol. The van der Waals surface area contributed by atoms with Crippen LogP contribution in [0.1, 0.15) is 18.1 Å². The summed E-state index contributed by atoms with van der Waals surface area (Å²) in [6.45, 7) is 2.99. The van der Waals surface area contributed by atoms with E-state index in [9.17, 15) is 4.79 Å². The molecule has 2 N–H and O–H groups in total. The minimum Gasteiger partial charge on any atom is -0.376 e. The van der Waals surface area contributed by atoms with Crippen LogP contribution in [0.2, 0.25) is 0 Å². The lowest BCUT2D eigenvalue weighted by molar-refractivity contribution is -0.119. The SMILES string of the molecule is CCc1ccc(CNC(=O)CNc2ccccc2)cc1. The zero-order valence-corrected chi connectivity index (χ0v) is 11.7. The van der Waals surface area contributed by atoms with Crippen LogP contribution in [0.15, 0.2) is 54.6 Å². The molecule has 2 rings (SSSR count). The number of rotatable bonds is 6. The number of carbonyl (C=O) groups excluding carboxylic acids is 1. The summed E-state index contributed by atoms with van der Waals surface area (Å²) in [5.41, 5.74) is 3.39. The lowest BCUT2D eigenvalue weighted by Gasteiger charge is -2.08. The number of nitrogens with one attached hydrogen (secondary N) is 2. The molecule has 2 aromatic rings. The Kier molecular flexibility index (Phi) is 5.18. The van der Waals surface area contributed by atoms with Crippen LogP contribution in [-0.2, 0) is 17.8 Å². The molecule has 0 aromatic heterocycles. The molecule has 20 heavy (non-hydrogen) atoms. The van der Waals surface area contributed by atoms with Crippen molar-refractivity contribution in [2.75, 3.05) is 11.9 Å². The molecule has 2 aromatic carbocycles. The monoisotopic (exact) mass is 268 g/mol. The molecule has 0 unspecified atom stereocenters. The van der Waals surface area contributed by atoms with E-state index >= 15 is 0 Å². The molecule has 3 heteroatoms. The minimum atomic E-state index is -0.00609. The highest BCUT2D eigenvalue weighted by Crippen LogP contribution is 2.05. The van der Waals surface area contributed by atoms with Crippen molar-refractivity contribution in [3.05, 3.63) is 65.7 Å². The maximum atomic E-state index is 11.7. The maximum absolute atomic E-state index is 11.7. The van der Waals surface area contributed by atoms with Crippen molar-refractivity contribution < 1.29 is 4.79 Å². The third-order valence-corrected chi connectivity index (χ3v) is 3.15. The van der Waals surface area contributed by atoms with E-state index in [1.54, 1.807) is 0 Å². The summed E-state index contributed by atoms with van der Waals surface area (Å²) in [5.74, 6) is -0.00609. The van der Waals surface area contributed by atoms with E-state index in [4.69, 9.17) is 0 Å². The number of carbonyl (C=O) groups is 1. The largest absolute Gasteiger partial charge is 0.376 e. The van der Waals surface area contributed by atoms with E-state index in [0.717, 1.165) is 17.7 Å². The fourth-order valence-corrected chi connectivity index (χ4v) is 1.89. The van der Waals surface area contributed by atoms with Gasteiger partial charge in [-0.25, -0.2) is 0 Å². The van der Waals surface area contributed by atoms with Crippen LogP contribution in [0.4, 0.5) is 5.69 Å². The van der Waals surface area contributed by atoms with Gasteiger partial charge in [0.2, 0.25) is 5.91 Å². The smallest absolute Gasteiger partial charge is 0.239 e. The Bertz CT molecular complexity index is 535. The quantitative estimate of drug-likeness (QED) is 0.845. The number of anilines is 1. The molecule has 3 nitrogen and oxygen atoms in total. The Morgan fingerprint density at radius 3 is 2.25 bits per heavy atom. The summed E-state index contributed by atoms with van der Waals surface area (Å²) in [4.78, 5) is 11.7. The highest BCUT2D eigenvalue weighted by molar-refractivity contribution is 5.80. The fraction of sp³-hybridized carbons (Fsp3) is 0.235.